The number of rotatable bonds is 8. The van der Waals surface area contributed by atoms with Gasteiger partial charge >= 0.3 is 0 Å². The van der Waals surface area contributed by atoms with Crippen LogP contribution >= 0.6 is 11.9 Å². The van der Waals surface area contributed by atoms with Gasteiger partial charge in [-0.15, -0.1) is 0 Å². The number of anilines is 1. The normalized spacial score (nSPS) is 14.9. The first-order chi connectivity index (χ1) is 18.7. The van der Waals surface area contributed by atoms with Gasteiger partial charge in [-0.25, -0.2) is 13.8 Å². The van der Waals surface area contributed by atoms with Gasteiger partial charge in [-0.05, 0) is 81.0 Å². The van der Waals surface area contributed by atoms with Crippen LogP contribution in [0.1, 0.15) is 42.4 Å². The van der Waals surface area contributed by atoms with E-state index in [1.165, 1.54) is 17.5 Å². The van der Waals surface area contributed by atoms with Crippen LogP contribution < -0.4 is 9.46 Å². The van der Waals surface area contributed by atoms with Crippen molar-refractivity contribution in [2.24, 2.45) is 7.05 Å². The highest BCUT2D eigenvalue weighted by atomic mass is 32.2. The summed E-state index contributed by atoms with van der Waals surface area (Å²) in [5.74, 6) is -2.35. The van der Waals surface area contributed by atoms with Gasteiger partial charge in [-0.2, -0.15) is 10.1 Å². The van der Waals surface area contributed by atoms with Crippen LogP contribution in [0.25, 0.3) is 11.3 Å². The van der Waals surface area contributed by atoms with Gasteiger partial charge in [0.1, 0.15) is 11.3 Å². The predicted molar refractivity (Wildman–Crippen MR) is 150 cm³/mol. The summed E-state index contributed by atoms with van der Waals surface area (Å²) < 4.78 is 41.3. The quantitative estimate of drug-likeness (QED) is 0.237. The first kappa shape index (κ1) is 27.1. The van der Waals surface area contributed by atoms with Gasteiger partial charge in [0.05, 0.1) is 16.8 Å². The minimum absolute atomic E-state index is 0.128. The monoisotopic (exact) mass is 550 g/mol. The van der Waals surface area contributed by atoms with Crippen molar-refractivity contribution in [1.82, 2.24) is 24.6 Å². The molecule has 5 rings (SSSR count). The number of nitrogens with one attached hydrogen (secondary N) is 1. The first-order valence-electron chi connectivity index (χ1n) is 12.9. The zero-order valence-electron chi connectivity index (χ0n) is 22.5. The molecule has 10 heteroatoms. The third-order valence-electron chi connectivity index (χ3n) is 6.94. The van der Waals surface area contributed by atoms with Crippen LogP contribution in [0, 0.1) is 6.92 Å². The number of alkyl halides is 2. The van der Waals surface area contributed by atoms with Crippen LogP contribution in [0.3, 0.4) is 0 Å². The molecule has 39 heavy (non-hydrogen) atoms. The summed E-state index contributed by atoms with van der Waals surface area (Å²) in [6.07, 6.45) is 5.71. The Morgan fingerprint density at radius 3 is 2.38 bits per heavy atom. The lowest BCUT2D eigenvalue weighted by atomic mass is 9.90. The minimum atomic E-state index is -3.25. The van der Waals surface area contributed by atoms with Crippen molar-refractivity contribution >= 4 is 17.9 Å². The van der Waals surface area contributed by atoms with E-state index in [0.29, 0.717) is 17.2 Å². The molecular formula is C29H32F2N6OS. The number of nitrogens with zero attached hydrogens (tertiary/aromatic N) is 5. The van der Waals surface area contributed by atoms with Crippen molar-refractivity contribution < 1.29 is 13.5 Å². The van der Waals surface area contributed by atoms with Crippen molar-refractivity contribution in [2.75, 3.05) is 24.9 Å². The Labute approximate surface area is 231 Å². The summed E-state index contributed by atoms with van der Waals surface area (Å²) in [6.45, 7) is 4.84. The molecule has 0 aliphatic carbocycles. The van der Waals surface area contributed by atoms with Crippen LogP contribution in [0.15, 0.2) is 65.8 Å². The smallest absolute Gasteiger partial charge is 0.277 e. The SMILES string of the molecule is Cc1ccccc1-c1nc(NSc2cnn(C)c2)nc(Oc2ccc(C3CCN(C)CC3)cc2)c1C(C)(F)F. The van der Waals surface area contributed by atoms with Gasteiger partial charge in [0.25, 0.3) is 5.92 Å². The molecule has 1 saturated heterocycles. The first-order valence-corrected chi connectivity index (χ1v) is 13.7. The zero-order chi connectivity index (χ0) is 27.6. The molecule has 1 aliphatic rings. The molecule has 2 aromatic carbocycles. The molecule has 0 bridgehead atoms. The minimum Gasteiger partial charge on any atom is -0.438 e. The van der Waals surface area contributed by atoms with E-state index in [2.05, 4.69) is 31.7 Å². The summed E-state index contributed by atoms with van der Waals surface area (Å²) in [5, 5.41) is 4.16. The third kappa shape index (κ3) is 6.39. The molecule has 0 radical (unpaired) electrons. The summed E-state index contributed by atoms with van der Waals surface area (Å²) in [6, 6.07) is 15.0. The molecule has 3 heterocycles. The standard InChI is InChI=1S/C29H32F2N6OS/c1-19-7-5-6-8-24(19)26-25(29(2,30)31)27(34-28(33-26)35-39-23-17-32-37(4)18-23)38-22-11-9-20(10-12-22)21-13-15-36(3)16-14-21/h5-12,17-18,21H,13-16H2,1-4H3,(H,33,34,35). The number of ether oxygens (including phenoxy) is 1. The molecule has 0 saturated carbocycles. The second-order valence-electron chi connectivity index (χ2n) is 10.1. The van der Waals surface area contributed by atoms with Crippen molar-refractivity contribution in [1.29, 1.82) is 0 Å². The lowest BCUT2D eigenvalue weighted by Crippen LogP contribution is -2.29. The maximum absolute atomic E-state index is 15.2. The van der Waals surface area contributed by atoms with Crippen LogP contribution in [0.4, 0.5) is 14.7 Å². The second-order valence-corrected chi connectivity index (χ2v) is 11.0. The van der Waals surface area contributed by atoms with Gasteiger partial charge in [0.2, 0.25) is 11.8 Å². The fourth-order valence-corrected chi connectivity index (χ4v) is 5.41. The molecule has 0 unspecified atom stereocenters. The summed E-state index contributed by atoms with van der Waals surface area (Å²) >= 11 is 1.24. The Morgan fingerprint density at radius 2 is 1.74 bits per heavy atom. The van der Waals surface area contributed by atoms with E-state index >= 15 is 8.78 Å². The van der Waals surface area contributed by atoms with Gasteiger partial charge in [0.15, 0.2) is 0 Å². The summed E-state index contributed by atoms with van der Waals surface area (Å²) in [4.78, 5) is 12.1. The zero-order valence-corrected chi connectivity index (χ0v) is 23.3. The molecule has 0 amide bonds. The average Bonchev–Trinajstić information content (AvgIpc) is 3.33. The van der Waals surface area contributed by atoms with Gasteiger partial charge in [-0.3, -0.25) is 9.40 Å². The van der Waals surface area contributed by atoms with Crippen LogP contribution in [-0.2, 0) is 13.0 Å². The maximum atomic E-state index is 15.2. The molecule has 4 aromatic rings. The van der Waals surface area contributed by atoms with E-state index < -0.39 is 5.92 Å². The Kier molecular flexibility index (Phi) is 7.86. The lowest BCUT2D eigenvalue weighted by Gasteiger charge is -2.29. The Bertz CT molecular complexity index is 1430. The molecular weight excluding hydrogens is 518 g/mol. The number of halogens is 2. The molecule has 204 valence electrons. The highest BCUT2D eigenvalue weighted by Crippen LogP contribution is 2.43. The molecule has 1 aliphatic heterocycles. The maximum Gasteiger partial charge on any atom is 0.277 e. The van der Waals surface area contributed by atoms with Crippen LogP contribution in [0.2, 0.25) is 0 Å². The fourth-order valence-electron chi connectivity index (χ4n) is 4.81. The number of hydrogen-bond donors (Lipinski definition) is 1. The number of benzene rings is 2. The van der Waals surface area contributed by atoms with E-state index in [4.69, 9.17) is 4.74 Å². The number of likely N-dealkylation sites (tertiary alicyclic amines) is 1. The van der Waals surface area contributed by atoms with Crippen LogP contribution in [0.5, 0.6) is 11.6 Å². The van der Waals surface area contributed by atoms with E-state index in [-0.39, 0.29) is 23.1 Å². The number of piperidine rings is 1. The van der Waals surface area contributed by atoms with Crippen molar-refractivity contribution in [3.05, 3.63) is 77.6 Å². The highest BCUT2D eigenvalue weighted by Gasteiger charge is 2.36. The molecule has 1 fully saturated rings. The van der Waals surface area contributed by atoms with Crippen molar-refractivity contribution in [3.8, 4) is 22.9 Å². The fraction of sp³-hybridized carbons (Fsp3) is 0.345. The molecule has 0 atom stereocenters. The van der Waals surface area contributed by atoms with Crippen molar-refractivity contribution in [2.45, 2.75) is 43.4 Å². The van der Waals surface area contributed by atoms with Crippen LogP contribution in [-0.4, -0.2) is 44.8 Å². The molecule has 7 nitrogen and oxygen atoms in total. The topological polar surface area (TPSA) is 68.1 Å². The Hall–Kier alpha value is -3.50. The number of aryl methyl sites for hydroxylation is 2. The van der Waals surface area contributed by atoms with Gasteiger partial charge < -0.3 is 9.64 Å². The summed E-state index contributed by atoms with van der Waals surface area (Å²) in [7, 11) is 3.96. The predicted octanol–water partition coefficient (Wildman–Crippen LogP) is 7.02. The lowest BCUT2D eigenvalue weighted by molar-refractivity contribution is 0.0153. The molecule has 2 aromatic heterocycles. The number of hydrogen-bond acceptors (Lipinski definition) is 7. The largest absolute Gasteiger partial charge is 0.438 e. The van der Waals surface area contributed by atoms with E-state index in [9.17, 15) is 0 Å². The molecule has 0 spiro atoms. The third-order valence-corrected chi connectivity index (χ3v) is 7.67. The second kappa shape index (κ2) is 11.3. The van der Waals surface area contributed by atoms with Gasteiger partial charge in [0, 0.05) is 25.7 Å². The highest BCUT2D eigenvalue weighted by molar-refractivity contribution is 8.00. The van der Waals surface area contributed by atoms with E-state index in [1.807, 2.05) is 62.6 Å². The Balaban J connectivity index is 1.52. The van der Waals surface area contributed by atoms with E-state index in [0.717, 1.165) is 43.3 Å². The number of aromatic nitrogens is 4. The average molecular weight is 551 g/mol. The van der Waals surface area contributed by atoms with Gasteiger partial charge in [-0.1, -0.05) is 36.4 Å². The van der Waals surface area contributed by atoms with Crippen molar-refractivity contribution in [3.63, 3.8) is 0 Å². The Morgan fingerprint density at radius 1 is 1.03 bits per heavy atom. The molecule has 1 N–H and O–H groups in total. The van der Waals surface area contributed by atoms with E-state index in [1.54, 1.807) is 16.9 Å². The summed E-state index contributed by atoms with van der Waals surface area (Å²) in [5.41, 5.74) is 2.42.